The van der Waals surface area contributed by atoms with E-state index in [-0.39, 0.29) is 34.0 Å². The van der Waals surface area contributed by atoms with E-state index in [2.05, 4.69) is 22.7 Å². The molecule has 2 aromatic rings. The quantitative estimate of drug-likeness (QED) is 0.334. The summed E-state index contributed by atoms with van der Waals surface area (Å²) in [5, 5.41) is 3.38. The second kappa shape index (κ2) is 11.3. The first-order valence-electron chi connectivity index (χ1n) is 11.4. The third-order valence-corrected chi connectivity index (χ3v) is 7.86. The van der Waals surface area contributed by atoms with Crippen molar-refractivity contribution in [2.75, 3.05) is 13.7 Å². The molecule has 0 saturated carbocycles. The number of esters is 1. The van der Waals surface area contributed by atoms with Crippen molar-refractivity contribution >= 4 is 46.1 Å². The van der Waals surface area contributed by atoms with Gasteiger partial charge in [-0.05, 0) is 86.6 Å². The Kier molecular flexibility index (Phi) is 8.91. The molecule has 0 bridgehead atoms. The van der Waals surface area contributed by atoms with Gasteiger partial charge in [-0.15, -0.1) is 0 Å². The average Bonchev–Trinajstić information content (AvgIpc) is 2.80. The van der Waals surface area contributed by atoms with Crippen molar-refractivity contribution in [3.05, 3.63) is 63.7 Å². The van der Waals surface area contributed by atoms with Crippen molar-refractivity contribution in [3.8, 4) is 0 Å². The fraction of sp³-hybridized carbons (Fsp3) is 0.440. The van der Waals surface area contributed by atoms with Gasteiger partial charge in [0.2, 0.25) is 10.0 Å². The molecule has 190 valence electrons. The maximum Gasteiger partial charge on any atom is 0.305 e. The number of sulfonamides is 1. The summed E-state index contributed by atoms with van der Waals surface area (Å²) in [6, 6.07) is 9.37. The van der Waals surface area contributed by atoms with E-state index in [9.17, 15) is 18.0 Å². The van der Waals surface area contributed by atoms with Crippen LogP contribution in [0.25, 0.3) is 0 Å². The zero-order valence-corrected chi connectivity index (χ0v) is 22.5. The van der Waals surface area contributed by atoms with E-state index in [1.165, 1.54) is 19.2 Å². The van der Waals surface area contributed by atoms with Crippen LogP contribution in [0.4, 0.5) is 0 Å². The number of carbonyl (C=O) groups excluding carboxylic acids is 2. The highest BCUT2D eigenvalue weighted by Gasteiger charge is 2.28. The Morgan fingerprint density at radius 1 is 1.17 bits per heavy atom. The molecular formula is C25H31ClN2O5S2. The van der Waals surface area contributed by atoms with Gasteiger partial charge in [-0.25, -0.2) is 13.1 Å². The summed E-state index contributed by atoms with van der Waals surface area (Å²) < 4.78 is 32.9. The molecule has 0 aliphatic heterocycles. The molecule has 0 heterocycles. The predicted octanol–water partition coefficient (Wildman–Crippen LogP) is 3.72. The van der Waals surface area contributed by atoms with Crippen molar-refractivity contribution in [1.82, 2.24) is 10.0 Å². The Morgan fingerprint density at radius 3 is 2.49 bits per heavy atom. The molecule has 1 unspecified atom stereocenters. The van der Waals surface area contributed by atoms with Gasteiger partial charge >= 0.3 is 5.97 Å². The topological polar surface area (TPSA) is 102 Å². The molecule has 1 amide bonds. The second-order valence-corrected chi connectivity index (χ2v) is 12.7. The Morgan fingerprint density at radius 2 is 1.86 bits per heavy atom. The van der Waals surface area contributed by atoms with Gasteiger partial charge in [0.1, 0.15) is 0 Å². The number of amides is 1. The minimum absolute atomic E-state index is 0.151. The lowest BCUT2D eigenvalue weighted by Gasteiger charge is -2.28. The lowest BCUT2D eigenvalue weighted by molar-refractivity contribution is -0.140. The zero-order chi connectivity index (χ0) is 25.8. The van der Waals surface area contributed by atoms with Gasteiger partial charge < -0.3 is 10.1 Å². The maximum absolute atomic E-state index is 13.0. The smallest absolute Gasteiger partial charge is 0.305 e. The highest BCUT2D eigenvalue weighted by Crippen LogP contribution is 2.30. The number of hydrogen-bond acceptors (Lipinski definition) is 6. The maximum atomic E-state index is 13.0. The molecule has 0 saturated heterocycles. The molecule has 2 aromatic carbocycles. The Hall–Kier alpha value is -2.07. The molecule has 0 aromatic heterocycles. The van der Waals surface area contributed by atoms with Crippen molar-refractivity contribution in [2.24, 2.45) is 0 Å². The Labute approximate surface area is 217 Å². The SMILES string of the molecule is COC(=O)CCc1c(C(=O)NCC(C)(C)S)ccc2c1CCC(NS(=O)(=O)c1ccc(Cl)cc1)C2. The van der Waals surface area contributed by atoms with Crippen LogP contribution in [0.2, 0.25) is 5.02 Å². The minimum Gasteiger partial charge on any atom is -0.469 e. The number of nitrogens with one attached hydrogen (secondary N) is 2. The van der Waals surface area contributed by atoms with Crippen molar-refractivity contribution < 1.29 is 22.7 Å². The van der Waals surface area contributed by atoms with Gasteiger partial charge in [0.05, 0.1) is 12.0 Å². The largest absolute Gasteiger partial charge is 0.469 e. The number of ether oxygens (including phenoxy) is 1. The van der Waals surface area contributed by atoms with Crippen molar-refractivity contribution in [1.29, 1.82) is 0 Å². The van der Waals surface area contributed by atoms with Gasteiger partial charge in [0.25, 0.3) is 5.91 Å². The van der Waals surface area contributed by atoms with Crippen molar-refractivity contribution in [2.45, 2.75) is 61.6 Å². The fourth-order valence-corrected chi connectivity index (χ4v) is 5.63. The van der Waals surface area contributed by atoms with Crippen LogP contribution in [0.3, 0.4) is 0 Å². The number of fused-ring (bicyclic) bond motifs is 1. The number of halogens is 1. The van der Waals surface area contributed by atoms with E-state index in [1.54, 1.807) is 18.2 Å². The van der Waals surface area contributed by atoms with Crippen LogP contribution in [-0.4, -0.2) is 44.7 Å². The lowest BCUT2D eigenvalue weighted by Crippen LogP contribution is -2.39. The highest BCUT2D eigenvalue weighted by molar-refractivity contribution is 7.89. The molecule has 10 heteroatoms. The zero-order valence-electron chi connectivity index (χ0n) is 20.1. The molecule has 7 nitrogen and oxygen atoms in total. The van der Waals surface area contributed by atoms with Crippen LogP contribution in [0, 0.1) is 0 Å². The molecule has 35 heavy (non-hydrogen) atoms. The highest BCUT2D eigenvalue weighted by atomic mass is 35.5. The normalized spacial score (nSPS) is 15.9. The molecule has 1 aliphatic carbocycles. The predicted molar refractivity (Wildman–Crippen MR) is 140 cm³/mol. The monoisotopic (exact) mass is 538 g/mol. The molecule has 1 aliphatic rings. The van der Waals surface area contributed by atoms with Crippen LogP contribution in [0.1, 0.15) is 53.7 Å². The van der Waals surface area contributed by atoms with E-state index in [0.29, 0.717) is 42.8 Å². The molecule has 3 rings (SSSR count). The van der Waals surface area contributed by atoms with Crippen LogP contribution in [0.5, 0.6) is 0 Å². The van der Waals surface area contributed by atoms with Crippen LogP contribution < -0.4 is 10.0 Å². The van der Waals surface area contributed by atoms with E-state index in [4.69, 9.17) is 16.3 Å². The summed E-state index contributed by atoms with van der Waals surface area (Å²) in [7, 11) is -2.36. The fourth-order valence-electron chi connectivity index (χ4n) is 4.15. The first-order valence-corrected chi connectivity index (χ1v) is 13.7. The first kappa shape index (κ1) is 27.5. The van der Waals surface area contributed by atoms with Gasteiger partial charge in [-0.2, -0.15) is 12.6 Å². The van der Waals surface area contributed by atoms with Gasteiger partial charge in [0.15, 0.2) is 0 Å². The summed E-state index contributed by atoms with van der Waals surface area (Å²) in [6.45, 7) is 4.20. The van der Waals surface area contributed by atoms with Crippen molar-refractivity contribution in [3.63, 3.8) is 0 Å². The van der Waals surface area contributed by atoms with Gasteiger partial charge in [-0.3, -0.25) is 9.59 Å². The summed E-state index contributed by atoms with van der Waals surface area (Å²) in [6.07, 6.45) is 2.15. The van der Waals surface area contributed by atoms with E-state index < -0.39 is 10.0 Å². The third kappa shape index (κ3) is 7.46. The van der Waals surface area contributed by atoms with E-state index in [1.807, 2.05) is 19.9 Å². The Balaban J connectivity index is 1.84. The van der Waals surface area contributed by atoms with Crippen LogP contribution in [-0.2, 0) is 38.8 Å². The summed E-state index contributed by atoms with van der Waals surface area (Å²) in [5.74, 6) is -0.574. The molecule has 2 N–H and O–H groups in total. The summed E-state index contributed by atoms with van der Waals surface area (Å²) >= 11 is 10.3. The molecular weight excluding hydrogens is 508 g/mol. The van der Waals surface area contributed by atoms with E-state index in [0.717, 1.165) is 16.7 Å². The number of methoxy groups -OCH3 is 1. The minimum atomic E-state index is -3.70. The second-order valence-electron chi connectivity index (χ2n) is 9.32. The van der Waals surface area contributed by atoms with Gasteiger partial charge in [-0.1, -0.05) is 17.7 Å². The molecule has 1 atom stereocenters. The van der Waals surface area contributed by atoms with Crippen LogP contribution in [0.15, 0.2) is 41.3 Å². The number of hydrogen-bond donors (Lipinski definition) is 3. The molecule has 0 fully saturated rings. The average molecular weight is 539 g/mol. The number of thiol groups is 1. The number of benzene rings is 2. The number of rotatable bonds is 9. The standard InChI is InChI=1S/C25H31ClN2O5S2/c1-25(2,34)15-27-24(30)22-10-4-16-14-18(7-11-20(16)21(22)12-13-23(29)33-3)28-35(31,32)19-8-5-17(26)6-9-19/h4-6,8-10,18,28,34H,7,11-15H2,1-3H3,(H,27,30). The van der Waals surface area contributed by atoms with E-state index >= 15 is 0 Å². The first-order chi connectivity index (χ1) is 16.4. The van der Waals surface area contributed by atoms with Gasteiger partial charge in [0, 0.05) is 34.3 Å². The number of carbonyl (C=O) groups is 2. The molecule has 0 spiro atoms. The third-order valence-electron chi connectivity index (χ3n) is 5.92. The van der Waals surface area contributed by atoms with Crippen LogP contribution >= 0.6 is 24.2 Å². The Bertz CT molecular complexity index is 1190. The summed E-state index contributed by atoms with van der Waals surface area (Å²) in [4.78, 5) is 25.0. The lowest BCUT2D eigenvalue weighted by atomic mass is 9.82. The summed E-state index contributed by atoms with van der Waals surface area (Å²) in [5.41, 5.74) is 3.28. The molecule has 0 radical (unpaired) electrons.